The predicted octanol–water partition coefficient (Wildman–Crippen LogP) is 6.50. The number of aliphatic hydroxyl groups excluding tert-OH is 1. The van der Waals surface area contributed by atoms with Crippen LogP contribution < -0.4 is 4.74 Å². The van der Waals surface area contributed by atoms with Gasteiger partial charge in [0.15, 0.2) is 8.32 Å². The van der Waals surface area contributed by atoms with Gasteiger partial charge in [0, 0.05) is 18.4 Å². The number of hydrogen-bond acceptors (Lipinski definition) is 5. The number of hydrogen-bond donors (Lipinski definition) is 1. The second kappa shape index (κ2) is 12.7. The summed E-state index contributed by atoms with van der Waals surface area (Å²) in [6.45, 7) is 21.1. The lowest BCUT2D eigenvalue weighted by atomic mass is 9.73. The van der Waals surface area contributed by atoms with E-state index in [-0.39, 0.29) is 30.3 Å². The maximum Gasteiger partial charge on any atom is 0.200 e. The molecule has 0 radical (unpaired) electrons. The average molecular weight is 493 g/mol. The Morgan fingerprint density at radius 1 is 1.12 bits per heavy atom. The maximum atomic E-state index is 9.94. The van der Waals surface area contributed by atoms with Crippen LogP contribution in [0.2, 0.25) is 16.6 Å². The van der Waals surface area contributed by atoms with E-state index in [1.54, 1.807) is 7.11 Å². The molecule has 5 nitrogen and oxygen atoms in total. The first-order valence-corrected chi connectivity index (χ1v) is 14.9. The fourth-order valence-electron chi connectivity index (χ4n) is 5.90. The molecule has 1 heterocycles. The maximum absolute atomic E-state index is 9.94. The highest BCUT2D eigenvalue weighted by Gasteiger charge is 2.52. The third-order valence-corrected chi connectivity index (χ3v) is 13.9. The Kier molecular flexibility index (Phi) is 10.8. The largest absolute Gasteiger partial charge is 0.497 e. The van der Waals surface area contributed by atoms with E-state index in [9.17, 15) is 5.11 Å². The van der Waals surface area contributed by atoms with E-state index >= 15 is 0 Å². The van der Waals surface area contributed by atoms with Crippen LogP contribution in [-0.4, -0.2) is 52.1 Å². The number of aliphatic hydroxyl groups is 1. The topological polar surface area (TPSA) is 57.2 Å². The normalized spacial score (nSPS) is 25.8. The molecule has 0 aliphatic carbocycles. The Labute approximate surface area is 209 Å². The average Bonchev–Trinajstić information content (AvgIpc) is 2.79. The van der Waals surface area contributed by atoms with E-state index in [1.165, 1.54) is 0 Å². The van der Waals surface area contributed by atoms with Crippen molar-refractivity contribution in [1.82, 2.24) is 0 Å². The van der Waals surface area contributed by atoms with Gasteiger partial charge in [-0.2, -0.15) is 0 Å². The summed E-state index contributed by atoms with van der Waals surface area (Å²) >= 11 is 0. The number of rotatable bonds is 13. The van der Waals surface area contributed by atoms with Crippen LogP contribution in [0.3, 0.4) is 0 Å². The summed E-state index contributed by atoms with van der Waals surface area (Å²) in [7, 11) is -0.394. The first-order valence-electron chi connectivity index (χ1n) is 12.8. The van der Waals surface area contributed by atoms with E-state index in [1.807, 2.05) is 30.3 Å². The van der Waals surface area contributed by atoms with Crippen LogP contribution in [0.5, 0.6) is 5.75 Å². The van der Waals surface area contributed by atoms with Gasteiger partial charge in [-0.3, -0.25) is 0 Å². The van der Waals surface area contributed by atoms with Crippen LogP contribution in [0.25, 0.3) is 0 Å². The molecular weight excluding hydrogens is 444 g/mol. The van der Waals surface area contributed by atoms with Crippen molar-refractivity contribution in [3.8, 4) is 5.75 Å². The van der Waals surface area contributed by atoms with E-state index in [2.05, 4.69) is 55.0 Å². The van der Waals surface area contributed by atoms with Crippen molar-refractivity contribution in [2.24, 2.45) is 5.41 Å². The van der Waals surface area contributed by atoms with Crippen molar-refractivity contribution < 1.29 is 23.7 Å². The summed E-state index contributed by atoms with van der Waals surface area (Å²) in [5.41, 5.74) is 2.24. The quantitative estimate of drug-likeness (QED) is 0.251. The molecule has 1 N–H and O–H groups in total. The van der Waals surface area contributed by atoms with Gasteiger partial charge >= 0.3 is 0 Å². The van der Waals surface area contributed by atoms with Crippen molar-refractivity contribution in [2.75, 3.05) is 20.3 Å². The van der Waals surface area contributed by atoms with Crippen molar-refractivity contribution in [1.29, 1.82) is 0 Å². The highest BCUT2D eigenvalue weighted by atomic mass is 28.4. The summed E-state index contributed by atoms with van der Waals surface area (Å²) < 4.78 is 25.3. The molecule has 0 saturated carbocycles. The zero-order chi connectivity index (χ0) is 25.5. The molecular formula is C28H48O5Si. The van der Waals surface area contributed by atoms with Crippen molar-refractivity contribution in [3.05, 3.63) is 42.5 Å². The van der Waals surface area contributed by atoms with E-state index < -0.39 is 8.32 Å². The molecule has 34 heavy (non-hydrogen) atoms. The monoisotopic (exact) mass is 492 g/mol. The van der Waals surface area contributed by atoms with Gasteiger partial charge in [-0.05, 0) is 40.7 Å². The standard InChI is InChI=1S/C28H48O5Si/c1-10-11-26-28(8,19-32-34(20(2)3,21(4)5)22(6)7)27(16-25(17-29)33-26)31-18-23-12-14-24(30-9)15-13-23/h10,12-15,20-22,25-27,29H,1,11,16-19H2,2-9H3/t25-,26-,27+,28-/m1/s1. The molecule has 1 fully saturated rings. The van der Waals surface area contributed by atoms with Crippen molar-refractivity contribution in [3.63, 3.8) is 0 Å². The summed E-state index contributed by atoms with van der Waals surface area (Å²) in [6.07, 6.45) is 2.75. The van der Waals surface area contributed by atoms with Gasteiger partial charge in [-0.1, -0.05) is 66.7 Å². The molecule has 2 rings (SSSR count). The second-order valence-corrected chi connectivity index (χ2v) is 16.4. The second-order valence-electron chi connectivity index (χ2n) is 10.9. The summed E-state index contributed by atoms with van der Waals surface area (Å²) in [6, 6.07) is 7.97. The summed E-state index contributed by atoms with van der Waals surface area (Å²) in [5.74, 6) is 0.830. The molecule has 0 spiro atoms. The molecule has 1 aromatic rings. The molecule has 0 amide bonds. The summed E-state index contributed by atoms with van der Waals surface area (Å²) in [5, 5.41) is 9.94. The first-order chi connectivity index (χ1) is 16.0. The lowest BCUT2D eigenvalue weighted by Crippen LogP contribution is -2.58. The number of methoxy groups -OCH3 is 1. The van der Waals surface area contributed by atoms with Crippen LogP contribution in [0.4, 0.5) is 0 Å². The number of benzene rings is 1. The molecule has 6 heteroatoms. The lowest BCUT2D eigenvalue weighted by molar-refractivity contribution is -0.214. The minimum Gasteiger partial charge on any atom is -0.497 e. The third kappa shape index (κ3) is 6.32. The van der Waals surface area contributed by atoms with E-state index in [0.29, 0.717) is 42.7 Å². The predicted molar refractivity (Wildman–Crippen MR) is 142 cm³/mol. The lowest BCUT2D eigenvalue weighted by Gasteiger charge is -2.51. The van der Waals surface area contributed by atoms with Crippen LogP contribution >= 0.6 is 0 Å². The Morgan fingerprint density at radius 2 is 1.71 bits per heavy atom. The number of ether oxygens (including phenoxy) is 3. The minimum absolute atomic E-state index is 0.0182. The van der Waals surface area contributed by atoms with Gasteiger partial charge < -0.3 is 23.7 Å². The zero-order valence-corrected chi connectivity index (χ0v) is 23.7. The fraction of sp³-hybridized carbons (Fsp3) is 0.714. The Balaban J connectivity index is 2.33. The first kappa shape index (κ1) is 29.0. The van der Waals surface area contributed by atoms with Gasteiger partial charge in [0.25, 0.3) is 0 Å². The van der Waals surface area contributed by atoms with Crippen LogP contribution in [0.15, 0.2) is 36.9 Å². The molecule has 1 saturated heterocycles. The Morgan fingerprint density at radius 3 is 2.18 bits per heavy atom. The zero-order valence-electron chi connectivity index (χ0n) is 22.7. The molecule has 1 aromatic carbocycles. The highest BCUT2D eigenvalue weighted by molar-refractivity contribution is 6.77. The van der Waals surface area contributed by atoms with Crippen LogP contribution in [0, 0.1) is 5.41 Å². The Hall–Kier alpha value is -1.18. The van der Waals surface area contributed by atoms with Crippen molar-refractivity contribution in [2.45, 2.75) is 103 Å². The molecule has 4 atom stereocenters. The van der Waals surface area contributed by atoms with Gasteiger partial charge in [-0.25, -0.2) is 0 Å². The molecule has 0 unspecified atom stereocenters. The smallest absolute Gasteiger partial charge is 0.200 e. The molecule has 194 valence electrons. The Bertz CT molecular complexity index is 726. The minimum atomic E-state index is -2.06. The molecule has 0 aromatic heterocycles. The van der Waals surface area contributed by atoms with Crippen LogP contribution in [-0.2, 0) is 20.5 Å². The van der Waals surface area contributed by atoms with E-state index in [0.717, 1.165) is 11.3 Å². The molecule has 0 bridgehead atoms. The van der Waals surface area contributed by atoms with Gasteiger partial charge in [0.1, 0.15) is 5.75 Å². The summed E-state index contributed by atoms with van der Waals surface area (Å²) in [4.78, 5) is 0. The molecule has 1 aliphatic heterocycles. The highest BCUT2D eigenvalue weighted by Crippen LogP contribution is 2.46. The third-order valence-electron chi connectivity index (χ3n) is 7.84. The van der Waals surface area contributed by atoms with Gasteiger partial charge in [0.05, 0.1) is 38.6 Å². The van der Waals surface area contributed by atoms with Gasteiger partial charge in [-0.15, -0.1) is 6.58 Å². The van der Waals surface area contributed by atoms with Gasteiger partial charge in [0.2, 0.25) is 0 Å². The van der Waals surface area contributed by atoms with Crippen LogP contribution in [0.1, 0.15) is 66.9 Å². The van der Waals surface area contributed by atoms with E-state index in [4.69, 9.17) is 18.6 Å². The SMILES string of the molecule is C=CC[C@H]1O[C@@H](CO)C[C@H](OCc2ccc(OC)cc2)[C@]1(C)CO[Si](C(C)C)(C(C)C)C(C)C. The fourth-order valence-corrected chi connectivity index (χ4v) is 11.5. The molecule has 1 aliphatic rings. The van der Waals surface area contributed by atoms with Crippen molar-refractivity contribution >= 4 is 8.32 Å².